The van der Waals surface area contributed by atoms with Gasteiger partial charge in [-0.2, -0.15) is 0 Å². The van der Waals surface area contributed by atoms with E-state index in [4.69, 9.17) is 10.7 Å². The van der Waals surface area contributed by atoms with Crippen LogP contribution in [0.15, 0.2) is 35.9 Å². The molecule has 0 fully saturated rings. The lowest BCUT2D eigenvalue weighted by molar-refractivity contribution is 0.729. The van der Waals surface area contributed by atoms with E-state index >= 15 is 0 Å². The number of hydrogen-bond acceptors (Lipinski definition) is 2. The molecule has 0 spiro atoms. The molecule has 0 aliphatic carbocycles. The second-order valence-corrected chi connectivity index (χ2v) is 4.57. The number of benzene rings is 1. The van der Waals surface area contributed by atoms with Crippen molar-refractivity contribution in [1.29, 1.82) is 0 Å². The summed E-state index contributed by atoms with van der Waals surface area (Å²) in [6.07, 6.45) is 4.06. The van der Waals surface area contributed by atoms with Crippen molar-refractivity contribution in [2.24, 2.45) is 5.73 Å². The van der Waals surface area contributed by atoms with Crippen molar-refractivity contribution in [3.63, 3.8) is 0 Å². The van der Waals surface area contributed by atoms with E-state index in [9.17, 15) is 0 Å². The summed E-state index contributed by atoms with van der Waals surface area (Å²) in [5.74, 6) is 1.14. The number of fused-ring (bicyclic) bond motifs is 1. The zero-order valence-electron chi connectivity index (χ0n) is 11.2. The van der Waals surface area contributed by atoms with E-state index in [0.29, 0.717) is 6.54 Å². The molecule has 1 aromatic carbocycles. The lowest BCUT2D eigenvalue weighted by atomic mass is 10.1. The molecule has 18 heavy (non-hydrogen) atoms. The first-order chi connectivity index (χ1) is 8.76. The number of aromatic nitrogens is 2. The summed E-state index contributed by atoms with van der Waals surface area (Å²) in [4.78, 5) is 4.72. The fourth-order valence-corrected chi connectivity index (χ4v) is 2.26. The first-order valence-electron chi connectivity index (χ1n) is 6.56. The minimum absolute atomic E-state index is 0.710. The van der Waals surface area contributed by atoms with Gasteiger partial charge in [-0.25, -0.2) is 4.98 Å². The monoisotopic (exact) mass is 243 g/mol. The molecule has 2 N–H and O–H groups in total. The van der Waals surface area contributed by atoms with Crippen molar-refractivity contribution in [2.75, 3.05) is 6.54 Å². The number of allylic oxidation sites excluding steroid dienone is 1. The highest BCUT2D eigenvalue weighted by Crippen LogP contribution is 2.18. The molecule has 0 aliphatic heterocycles. The van der Waals surface area contributed by atoms with E-state index in [1.807, 2.05) is 6.07 Å². The van der Waals surface area contributed by atoms with Crippen LogP contribution < -0.4 is 5.73 Å². The molecule has 3 heteroatoms. The maximum Gasteiger partial charge on any atom is 0.113 e. The fraction of sp³-hybridized carbons (Fsp3) is 0.400. The molecule has 0 amide bonds. The lowest BCUT2D eigenvalue weighted by Gasteiger charge is -2.06. The standard InChI is InChI=1S/C15H21N3/c1-3-18-14-9-5-4-8-13(14)17-15(18)11-12(2)7-6-10-16/h4-5,7-9H,3,6,10-11,16H2,1-2H3. The molecule has 96 valence electrons. The highest BCUT2D eigenvalue weighted by Gasteiger charge is 2.08. The molecule has 0 saturated heterocycles. The maximum absolute atomic E-state index is 5.52. The number of hydrogen-bond donors (Lipinski definition) is 1. The Labute approximate surface area is 108 Å². The molecule has 0 bridgehead atoms. The van der Waals surface area contributed by atoms with Crippen molar-refractivity contribution >= 4 is 11.0 Å². The Morgan fingerprint density at radius 2 is 2.17 bits per heavy atom. The third-order valence-electron chi connectivity index (χ3n) is 3.15. The minimum Gasteiger partial charge on any atom is -0.330 e. The lowest BCUT2D eigenvalue weighted by Crippen LogP contribution is -2.03. The van der Waals surface area contributed by atoms with Crippen molar-refractivity contribution in [3.05, 3.63) is 41.7 Å². The van der Waals surface area contributed by atoms with Gasteiger partial charge in [0.2, 0.25) is 0 Å². The molecule has 2 rings (SSSR count). The van der Waals surface area contributed by atoms with Crippen LogP contribution in [0.1, 0.15) is 26.1 Å². The van der Waals surface area contributed by atoms with Gasteiger partial charge >= 0.3 is 0 Å². The summed E-state index contributed by atoms with van der Waals surface area (Å²) in [5, 5.41) is 0. The van der Waals surface area contributed by atoms with Gasteiger partial charge in [0.05, 0.1) is 11.0 Å². The van der Waals surface area contributed by atoms with Crippen LogP contribution in [0, 0.1) is 0 Å². The summed E-state index contributed by atoms with van der Waals surface area (Å²) in [6, 6.07) is 8.31. The first-order valence-corrected chi connectivity index (χ1v) is 6.56. The zero-order valence-corrected chi connectivity index (χ0v) is 11.2. The van der Waals surface area contributed by atoms with Crippen LogP contribution in [0.25, 0.3) is 11.0 Å². The molecular weight excluding hydrogens is 222 g/mol. The van der Waals surface area contributed by atoms with Crippen molar-refractivity contribution in [3.8, 4) is 0 Å². The summed E-state index contributed by atoms with van der Waals surface area (Å²) in [5.41, 5.74) is 9.17. The second kappa shape index (κ2) is 5.83. The Bertz CT molecular complexity index is 552. The average molecular weight is 243 g/mol. The van der Waals surface area contributed by atoms with Gasteiger partial charge < -0.3 is 10.3 Å². The topological polar surface area (TPSA) is 43.8 Å². The molecule has 0 unspecified atom stereocenters. The third kappa shape index (κ3) is 2.62. The predicted octanol–water partition coefficient (Wildman–Crippen LogP) is 2.89. The normalized spacial score (nSPS) is 12.3. The van der Waals surface area contributed by atoms with Crippen LogP contribution in [-0.4, -0.2) is 16.1 Å². The van der Waals surface area contributed by atoms with Crippen LogP contribution in [-0.2, 0) is 13.0 Å². The second-order valence-electron chi connectivity index (χ2n) is 4.57. The van der Waals surface area contributed by atoms with E-state index in [2.05, 4.69) is 42.7 Å². The molecule has 1 aromatic heterocycles. The summed E-state index contributed by atoms with van der Waals surface area (Å²) in [6.45, 7) is 5.98. The van der Waals surface area contributed by atoms with E-state index < -0.39 is 0 Å². The van der Waals surface area contributed by atoms with Crippen molar-refractivity contribution in [1.82, 2.24) is 9.55 Å². The summed E-state index contributed by atoms with van der Waals surface area (Å²) >= 11 is 0. The maximum atomic E-state index is 5.52. The summed E-state index contributed by atoms with van der Waals surface area (Å²) in [7, 11) is 0. The number of nitrogens with zero attached hydrogens (tertiary/aromatic N) is 2. The van der Waals surface area contributed by atoms with E-state index in [0.717, 1.165) is 30.7 Å². The van der Waals surface area contributed by atoms with E-state index in [1.54, 1.807) is 0 Å². The van der Waals surface area contributed by atoms with Crippen LogP contribution in [0.4, 0.5) is 0 Å². The van der Waals surface area contributed by atoms with E-state index in [1.165, 1.54) is 11.1 Å². The Kier molecular flexibility index (Phi) is 4.15. The van der Waals surface area contributed by atoms with Gasteiger partial charge in [0.1, 0.15) is 5.82 Å². The molecule has 2 aromatic rings. The molecule has 0 radical (unpaired) electrons. The number of rotatable bonds is 5. The Morgan fingerprint density at radius 3 is 2.89 bits per heavy atom. The van der Waals surface area contributed by atoms with Crippen LogP contribution in [0.2, 0.25) is 0 Å². The average Bonchev–Trinajstić information content (AvgIpc) is 2.73. The van der Waals surface area contributed by atoms with Crippen molar-refractivity contribution < 1.29 is 0 Å². The van der Waals surface area contributed by atoms with Crippen LogP contribution in [0.5, 0.6) is 0 Å². The number of nitrogens with two attached hydrogens (primary N) is 1. The molecule has 3 nitrogen and oxygen atoms in total. The third-order valence-corrected chi connectivity index (χ3v) is 3.15. The molecule has 0 saturated carbocycles. The molecule has 0 atom stereocenters. The van der Waals surface area contributed by atoms with E-state index in [-0.39, 0.29) is 0 Å². The molecule has 1 heterocycles. The molecular formula is C15H21N3. The number of imidazole rings is 1. The van der Waals surface area contributed by atoms with Crippen molar-refractivity contribution in [2.45, 2.75) is 33.2 Å². The fourth-order valence-electron chi connectivity index (χ4n) is 2.26. The Balaban J connectivity index is 2.33. The Hall–Kier alpha value is -1.61. The van der Waals surface area contributed by atoms with Gasteiger partial charge in [-0.15, -0.1) is 0 Å². The van der Waals surface area contributed by atoms with Gasteiger partial charge in [-0.3, -0.25) is 0 Å². The SMILES string of the molecule is CCn1c(CC(C)=CCCN)nc2ccccc21. The van der Waals surface area contributed by atoms with Gasteiger partial charge in [0.25, 0.3) is 0 Å². The number of aryl methyl sites for hydroxylation is 1. The quantitative estimate of drug-likeness (QED) is 0.821. The zero-order chi connectivity index (χ0) is 13.0. The van der Waals surface area contributed by atoms with Gasteiger partial charge in [-0.05, 0) is 38.9 Å². The van der Waals surface area contributed by atoms with Gasteiger partial charge in [0, 0.05) is 13.0 Å². The van der Waals surface area contributed by atoms with Crippen LogP contribution in [0.3, 0.4) is 0 Å². The van der Waals surface area contributed by atoms with Crippen LogP contribution >= 0.6 is 0 Å². The smallest absolute Gasteiger partial charge is 0.113 e. The first kappa shape index (κ1) is 12.8. The highest BCUT2D eigenvalue weighted by molar-refractivity contribution is 5.75. The molecule has 0 aliphatic rings. The van der Waals surface area contributed by atoms with Gasteiger partial charge in [-0.1, -0.05) is 23.8 Å². The minimum atomic E-state index is 0.710. The predicted molar refractivity (Wildman–Crippen MR) is 76.5 cm³/mol. The largest absolute Gasteiger partial charge is 0.330 e. The Morgan fingerprint density at radius 1 is 1.39 bits per heavy atom. The summed E-state index contributed by atoms with van der Waals surface area (Å²) < 4.78 is 2.29. The number of para-hydroxylation sites is 2. The van der Waals surface area contributed by atoms with Gasteiger partial charge in [0.15, 0.2) is 0 Å². The highest BCUT2D eigenvalue weighted by atomic mass is 15.1.